The molecule has 0 amide bonds. The number of rotatable bonds is 1. The van der Waals surface area contributed by atoms with Crippen molar-refractivity contribution in [3.63, 3.8) is 0 Å². The molecule has 12 heavy (non-hydrogen) atoms. The molecular formula is C11H16O. The summed E-state index contributed by atoms with van der Waals surface area (Å²) >= 11 is 0. The molecule has 0 aromatic carbocycles. The van der Waals surface area contributed by atoms with Gasteiger partial charge in [-0.05, 0) is 43.1 Å². The van der Waals surface area contributed by atoms with Crippen molar-refractivity contribution >= 4 is 0 Å². The molecule has 66 valence electrons. The van der Waals surface area contributed by atoms with Crippen molar-refractivity contribution in [3.05, 3.63) is 35.1 Å². The molecular weight excluding hydrogens is 148 g/mol. The minimum atomic E-state index is 0.327. The number of hydrogen-bond acceptors (Lipinski definition) is 1. The van der Waals surface area contributed by atoms with Crippen LogP contribution in [0.1, 0.15) is 27.2 Å². The Labute approximate surface area is 74.1 Å². The van der Waals surface area contributed by atoms with Crippen molar-refractivity contribution in [2.75, 3.05) is 0 Å². The Hall–Kier alpha value is -0.980. The van der Waals surface area contributed by atoms with E-state index < -0.39 is 0 Å². The van der Waals surface area contributed by atoms with Gasteiger partial charge in [-0.2, -0.15) is 0 Å². The van der Waals surface area contributed by atoms with Gasteiger partial charge in [0.05, 0.1) is 0 Å². The Morgan fingerprint density at radius 2 is 2.00 bits per heavy atom. The van der Waals surface area contributed by atoms with E-state index >= 15 is 0 Å². The second kappa shape index (κ2) is 3.18. The molecule has 0 heterocycles. The summed E-state index contributed by atoms with van der Waals surface area (Å²) in [7, 11) is 0. The summed E-state index contributed by atoms with van der Waals surface area (Å²) < 4.78 is 0. The number of hydrogen-bond donors (Lipinski definition) is 1. The van der Waals surface area contributed by atoms with E-state index in [1.807, 2.05) is 19.9 Å². The molecule has 0 aromatic heterocycles. The summed E-state index contributed by atoms with van der Waals surface area (Å²) in [6.07, 6.45) is 2.90. The first kappa shape index (κ1) is 9.11. The van der Waals surface area contributed by atoms with Gasteiger partial charge < -0.3 is 5.11 Å². The molecule has 0 aromatic rings. The fourth-order valence-corrected chi connectivity index (χ4v) is 1.49. The van der Waals surface area contributed by atoms with Crippen LogP contribution in [-0.2, 0) is 0 Å². The topological polar surface area (TPSA) is 20.2 Å². The third kappa shape index (κ3) is 1.31. The summed E-state index contributed by atoms with van der Waals surface area (Å²) in [5, 5.41) is 9.53. The van der Waals surface area contributed by atoms with E-state index in [1.165, 1.54) is 0 Å². The summed E-state index contributed by atoms with van der Waals surface area (Å²) in [5.41, 5.74) is 3.25. The van der Waals surface area contributed by atoms with Gasteiger partial charge in [0.1, 0.15) is 5.76 Å². The third-order valence-corrected chi connectivity index (χ3v) is 2.67. The summed E-state index contributed by atoms with van der Waals surface area (Å²) in [6.45, 7) is 10.1. The Kier molecular flexibility index (Phi) is 2.41. The van der Waals surface area contributed by atoms with Crippen LogP contribution in [0.4, 0.5) is 0 Å². The highest BCUT2D eigenvalue weighted by molar-refractivity contribution is 5.46. The standard InChI is InChI=1S/C11H16O/c1-5-10-6-11(12)9(4)7(2)8(10)3/h6,10,12H,3,5H2,1-2,4H3. The first-order valence-corrected chi connectivity index (χ1v) is 4.35. The molecule has 1 unspecified atom stereocenters. The Balaban J connectivity index is 3.05. The zero-order chi connectivity index (χ0) is 9.30. The molecule has 0 saturated carbocycles. The van der Waals surface area contributed by atoms with Gasteiger partial charge in [-0.15, -0.1) is 0 Å². The lowest BCUT2D eigenvalue weighted by Crippen LogP contribution is -2.08. The molecule has 0 saturated heterocycles. The van der Waals surface area contributed by atoms with Crippen LogP contribution in [-0.4, -0.2) is 5.11 Å². The first-order valence-electron chi connectivity index (χ1n) is 4.35. The molecule has 1 aliphatic rings. The van der Waals surface area contributed by atoms with Crippen molar-refractivity contribution in [2.24, 2.45) is 5.92 Å². The highest BCUT2D eigenvalue weighted by Gasteiger charge is 2.18. The molecule has 1 N–H and O–H groups in total. The summed E-state index contributed by atoms with van der Waals surface area (Å²) in [6, 6.07) is 0. The normalized spacial score (nSPS) is 24.4. The van der Waals surface area contributed by atoms with Crippen LogP contribution in [0.15, 0.2) is 35.1 Å². The fraction of sp³-hybridized carbons (Fsp3) is 0.455. The zero-order valence-electron chi connectivity index (χ0n) is 8.02. The van der Waals surface area contributed by atoms with E-state index in [-0.39, 0.29) is 0 Å². The van der Waals surface area contributed by atoms with Crippen molar-refractivity contribution in [1.82, 2.24) is 0 Å². The van der Waals surface area contributed by atoms with Crippen LogP contribution in [0.25, 0.3) is 0 Å². The van der Waals surface area contributed by atoms with Gasteiger partial charge in [0.15, 0.2) is 0 Å². The molecule has 1 rings (SSSR count). The lowest BCUT2D eigenvalue weighted by Gasteiger charge is -2.22. The van der Waals surface area contributed by atoms with Crippen LogP contribution in [0.5, 0.6) is 0 Å². The summed E-state index contributed by atoms with van der Waals surface area (Å²) in [5.74, 6) is 0.750. The minimum Gasteiger partial charge on any atom is -0.508 e. The van der Waals surface area contributed by atoms with E-state index in [9.17, 15) is 5.11 Å². The van der Waals surface area contributed by atoms with Crippen LogP contribution in [0.3, 0.4) is 0 Å². The molecule has 0 fully saturated rings. The van der Waals surface area contributed by atoms with Crippen LogP contribution in [0, 0.1) is 5.92 Å². The summed E-state index contributed by atoms with van der Waals surface area (Å²) in [4.78, 5) is 0. The van der Waals surface area contributed by atoms with Gasteiger partial charge in [-0.3, -0.25) is 0 Å². The molecule has 1 nitrogen and oxygen atoms in total. The van der Waals surface area contributed by atoms with Crippen LogP contribution in [0.2, 0.25) is 0 Å². The van der Waals surface area contributed by atoms with Crippen molar-refractivity contribution in [2.45, 2.75) is 27.2 Å². The van der Waals surface area contributed by atoms with Gasteiger partial charge in [-0.1, -0.05) is 13.5 Å². The van der Waals surface area contributed by atoms with Gasteiger partial charge in [-0.25, -0.2) is 0 Å². The first-order chi connectivity index (χ1) is 5.57. The van der Waals surface area contributed by atoms with E-state index in [1.54, 1.807) is 0 Å². The number of aliphatic hydroxyl groups excluding tert-OH is 1. The maximum atomic E-state index is 9.53. The van der Waals surface area contributed by atoms with E-state index in [4.69, 9.17) is 0 Å². The molecule has 0 radical (unpaired) electrons. The molecule has 0 aliphatic heterocycles. The number of allylic oxidation sites excluding steroid dienone is 4. The van der Waals surface area contributed by atoms with Gasteiger partial charge >= 0.3 is 0 Å². The highest BCUT2D eigenvalue weighted by Crippen LogP contribution is 2.32. The Morgan fingerprint density at radius 3 is 2.50 bits per heavy atom. The predicted octanol–water partition coefficient (Wildman–Crippen LogP) is 3.36. The van der Waals surface area contributed by atoms with Crippen molar-refractivity contribution in [1.29, 1.82) is 0 Å². The second-order valence-corrected chi connectivity index (χ2v) is 3.34. The average Bonchev–Trinajstić information content (AvgIpc) is 2.08. The van der Waals surface area contributed by atoms with Gasteiger partial charge in [0, 0.05) is 5.92 Å². The third-order valence-electron chi connectivity index (χ3n) is 2.67. The zero-order valence-corrected chi connectivity index (χ0v) is 8.02. The van der Waals surface area contributed by atoms with E-state index in [0.29, 0.717) is 11.7 Å². The fourth-order valence-electron chi connectivity index (χ4n) is 1.49. The highest BCUT2D eigenvalue weighted by atomic mass is 16.3. The Morgan fingerprint density at radius 1 is 1.42 bits per heavy atom. The maximum Gasteiger partial charge on any atom is 0.115 e. The van der Waals surface area contributed by atoms with Crippen LogP contribution >= 0.6 is 0 Å². The molecule has 1 atom stereocenters. The smallest absolute Gasteiger partial charge is 0.115 e. The quantitative estimate of drug-likeness (QED) is 0.630. The van der Waals surface area contributed by atoms with Crippen molar-refractivity contribution in [3.8, 4) is 0 Å². The molecule has 1 heteroatoms. The van der Waals surface area contributed by atoms with Crippen LogP contribution < -0.4 is 0 Å². The van der Waals surface area contributed by atoms with E-state index in [0.717, 1.165) is 23.1 Å². The lowest BCUT2D eigenvalue weighted by molar-refractivity contribution is 0.411. The minimum absolute atomic E-state index is 0.327. The maximum absolute atomic E-state index is 9.53. The second-order valence-electron chi connectivity index (χ2n) is 3.34. The lowest BCUT2D eigenvalue weighted by atomic mass is 9.84. The molecule has 0 spiro atoms. The largest absolute Gasteiger partial charge is 0.508 e. The van der Waals surface area contributed by atoms with Crippen molar-refractivity contribution < 1.29 is 5.11 Å². The van der Waals surface area contributed by atoms with Gasteiger partial charge in [0.2, 0.25) is 0 Å². The van der Waals surface area contributed by atoms with Gasteiger partial charge in [0.25, 0.3) is 0 Å². The number of aliphatic hydroxyl groups is 1. The monoisotopic (exact) mass is 164 g/mol. The molecule has 1 aliphatic carbocycles. The predicted molar refractivity (Wildman–Crippen MR) is 52.0 cm³/mol. The SMILES string of the molecule is C=C1C(C)=C(C)C(O)=CC1CC. The average molecular weight is 164 g/mol. The molecule has 0 bridgehead atoms. The van der Waals surface area contributed by atoms with E-state index in [2.05, 4.69) is 13.5 Å². The Bertz CT molecular complexity index is 269.